The van der Waals surface area contributed by atoms with Crippen molar-refractivity contribution in [2.24, 2.45) is 5.92 Å². The fraction of sp³-hybridized carbons (Fsp3) is 0.800. The fourth-order valence-electron chi connectivity index (χ4n) is 2.01. The Kier molecular flexibility index (Phi) is 2.90. The first-order valence-corrected chi connectivity index (χ1v) is 5.34. The number of hydrogen-bond acceptors (Lipinski definition) is 3. The Balaban J connectivity index is 1.86. The van der Waals surface area contributed by atoms with Crippen LogP contribution in [0.1, 0.15) is 12.8 Å². The Bertz CT molecular complexity index is 276. The minimum atomic E-state index is -0.242. The number of rotatable bonds is 2. The van der Waals surface area contributed by atoms with E-state index in [4.69, 9.17) is 4.74 Å². The van der Waals surface area contributed by atoms with Gasteiger partial charge in [-0.1, -0.05) is 0 Å². The minimum absolute atomic E-state index is 0.0276. The lowest BCUT2D eigenvalue weighted by Gasteiger charge is -2.29. The largest absolute Gasteiger partial charge is 0.368 e. The summed E-state index contributed by atoms with van der Waals surface area (Å²) in [7, 11) is 1.63. The molecule has 2 amide bonds. The molecule has 2 aliphatic heterocycles. The van der Waals surface area contributed by atoms with E-state index in [0.717, 1.165) is 12.8 Å². The third-order valence-electron chi connectivity index (χ3n) is 3.09. The Morgan fingerprint density at radius 2 is 2.13 bits per heavy atom. The predicted molar refractivity (Wildman–Crippen MR) is 53.1 cm³/mol. The van der Waals surface area contributed by atoms with E-state index in [1.54, 1.807) is 11.9 Å². The zero-order valence-corrected chi connectivity index (χ0v) is 8.86. The SMILES string of the molecule is CNC(=O)C1CCN(C(=O)[C@@H]2CCO2)C1. The average molecular weight is 212 g/mol. The lowest BCUT2D eigenvalue weighted by molar-refractivity contribution is -0.155. The third kappa shape index (κ3) is 1.97. The highest BCUT2D eigenvalue weighted by molar-refractivity contribution is 5.84. The van der Waals surface area contributed by atoms with Crippen molar-refractivity contribution in [1.82, 2.24) is 10.2 Å². The zero-order chi connectivity index (χ0) is 10.8. The highest BCUT2D eigenvalue weighted by Gasteiger charge is 2.36. The van der Waals surface area contributed by atoms with Crippen LogP contribution in [-0.2, 0) is 14.3 Å². The van der Waals surface area contributed by atoms with Gasteiger partial charge in [-0.2, -0.15) is 0 Å². The van der Waals surface area contributed by atoms with E-state index < -0.39 is 0 Å². The normalized spacial score (nSPS) is 29.8. The number of carbonyl (C=O) groups excluding carboxylic acids is 2. The van der Waals surface area contributed by atoms with Gasteiger partial charge < -0.3 is 15.0 Å². The van der Waals surface area contributed by atoms with Crippen LogP contribution in [0.3, 0.4) is 0 Å². The Labute approximate surface area is 88.8 Å². The van der Waals surface area contributed by atoms with Gasteiger partial charge >= 0.3 is 0 Å². The van der Waals surface area contributed by atoms with E-state index in [-0.39, 0.29) is 23.8 Å². The van der Waals surface area contributed by atoms with Crippen LogP contribution in [0.25, 0.3) is 0 Å². The molecule has 0 aromatic rings. The quantitative estimate of drug-likeness (QED) is 0.663. The molecule has 2 saturated heterocycles. The molecule has 2 heterocycles. The van der Waals surface area contributed by atoms with Gasteiger partial charge in [0.05, 0.1) is 12.5 Å². The van der Waals surface area contributed by atoms with Crippen LogP contribution in [0.4, 0.5) is 0 Å². The van der Waals surface area contributed by atoms with Crippen LogP contribution < -0.4 is 5.32 Å². The predicted octanol–water partition coefficient (Wildman–Crippen LogP) is -0.630. The molecule has 0 radical (unpaired) electrons. The van der Waals surface area contributed by atoms with Crippen LogP contribution in [0.2, 0.25) is 0 Å². The van der Waals surface area contributed by atoms with Gasteiger partial charge in [-0.15, -0.1) is 0 Å². The van der Waals surface area contributed by atoms with Crippen LogP contribution in [0.5, 0.6) is 0 Å². The zero-order valence-electron chi connectivity index (χ0n) is 8.86. The summed E-state index contributed by atoms with van der Waals surface area (Å²) in [5.41, 5.74) is 0. The molecule has 0 aromatic carbocycles. The summed E-state index contributed by atoms with van der Waals surface area (Å²) in [5, 5.41) is 2.62. The van der Waals surface area contributed by atoms with Gasteiger partial charge in [-0.05, 0) is 6.42 Å². The lowest BCUT2D eigenvalue weighted by Crippen LogP contribution is -2.45. The maximum atomic E-state index is 11.8. The van der Waals surface area contributed by atoms with Gasteiger partial charge in [-0.3, -0.25) is 9.59 Å². The van der Waals surface area contributed by atoms with Crippen molar-refractivity contribution in [3.63, 3.8) is 0 Å². The molecule has 0 bridgehead atoms. The molecule has 1 N–H and O–H groups in total. The van der Waals surface area contributed by atoms with E-state index >= 15 is 0 Å². The summed E-state index contributed by atoms with van der Waals surface area (Å²) in [6, 6.07) is 0. The van der Waals surface area contributed by atoms with Crippen LogP contribution in [0, 0.1) is 5.92 Å². The monoisotopic (exact) mass is 212 g/mol. The topological polar surface area (TPSA) is 58.6 Å². The summed E-state index contributed by atoms with van der Waals surface area (Å²) >= 11 is 0. The first kappa shape index (κ1) is 10.4. The molecule has 15 heavy (non-hydrogen) atoms. The number of hydrogen-bond donors (Lipinski definition) is 1. The number of likely N-dealkylation sites (tertiary alicyclic amines) is 1. The summed E-state index contributed by atoms with van der Waals surface area (Å²) in [4.78, 5) is 24.8. The first-order valence-electron chi connectivity index (χ1n) is 5.34. The first-order chi connectivity index (χ1) is 7.22. The second-order valence-corrected chi connectivity index (χ2v) is 4.03. The number of nitrogens with one attached hydrogen (secondary N) is 1. The van der Waals surface area contributed by atoms with Crippen LogP contribution in [-0.4, -0.2) is 49.6 Å². The molecular formula is C10H16N2O3. The Hall–Kier alpha value is -1.10. The second-order valence-electron chi connectivity index (χ2n) is 4.03. The average Bonchev–Trinajstić information content (AvgIpc) is 2.62. The Morgan fingerprint density at radius 1 is 1.40 bits per heavy atom. The molecule has 0 aromatic heterocycles. The van der Waals surface area contributed by atoms with Crippen molar-refractivity contribution in [2.75, 3.05) is 26.7 Å². The minimum Gasteiger partial charge on any atom is -0.368 e. The van der Waals surface area contributed by atoms with Crippen molar-refractivity contribution in [3.05, 3.63) is 0 Å². The maximum absolute atomic E-state index is 11.8. The van der Waals surface area contributed by atoms with Crippen LogP contribution in [0.15, 0.2) is 0 Å². The van der Waals surface area contributed by atoms with Crippen molar-refractivity contribution >= 4 is 11.8 Å². The molecule has 5 nitrogen and oxygen atoms in total. The number of carbonyl (C=O) groups is 2. The van der Waals surface area contributed by atoms with E-state index in [0.29, 0.717) is 19.7 Å². The molecule has 2 atom stereocenters. The van der Waals surface area contributed by atoms with Gasteiger partial charge in [-0.25, -0.2) is 0 Å². The van der Waals surface area contributed by atoms with E-state index in [2.05, 4.69) is 5.32 Å². The smallest absolute Gasteiger partial charge is 0.251 e. The van der Waals surface area contributed by atoms with Gasteiger partial charge in [0.25, 0.3) is 5.91 Å². The van der Waals surface area contributed by atoms with Gasteiger partial charge in [0, 0.05) is 26.6 Å². The second kappa shape index (κ2) is 4.18. The van der Waals surface area contributed by atoms with Gasteiger partial charge in [0.15, 0.2) is 0 Å². The highest BCUT2D eigenvalue weighted by Crippen LogP contribution is 2.21. The third-order valence-corrected chi connectivity index (χ3v) is 3.09. The van der Waals surface area contributed by atoms with Gasteiger partial charge in [0.2, 0.25) is 5.91 Å². The van der Waals surface area contributed by atoms with Gasteiger partial charge in [0.1, 0.15) is 6.10 Å². The molecule has 2 fully saturated rings. The van der Waals surface area contributed by atoms with E-state index in [1.165, 1.54) is 0 Å². The molecule has 0 aliphatic carbocycles. The summed E-state index contributed by atoms with van der Waals surface area (Å²) in [6.07, 6.45) is 1.34. The molecule has 84 valence electrons. The standard InChI is InChI=1S/C10H16N2O3/c1-11-9(13)7-2-4-12(6-7)10(14)8-3-5-15-8/h7-8H,2-6H2,1H3,(H,11,13)/t7?,8-/m0/s1. The van der Waals surface area contributed by atoms with E-state index in [1.807, 2.05) is 0 Å². The molecule has 5 heteroatoms. The summed E-state index contributed by atoms with van der Waals surface area (Å²) in [6.45, 7) is 1.90. The maximum Gasteiger partial charge on any atom is 0.251 e. The summed E-state index contributed by atoms with van der Waals surface area (Å²) < 4.78 is 5.14. The summed E-state index contributed by atoms with van der Waals surface area (Å²) in [5.74, 6) is 0.0338. The van der Waals surface area contributed by atoms with Crippen molar-refractivity contribution in [2.45, 2.75) is 18.9 Å². The van der Waals surface area contributed by atoms with Crippen molar-refractivity contribution in [3.8, 4) is 0 Å². The number of nitrogens with zero attached hydrogens (tertiary/aromatic N) is 1. The molecule has 2 aliphatic rings. The molecule has 1 unspecified atom stereocenters. The Morgan fingerprint density at radius 3 is 2.67 bits per heavy atom. The molecule has 0 saturated carbocycles. The van der Waals surface area contributed by atoms with Crippen LogP contribution >= 0.6 is 0 Å². The van der Waals surface area contributed by atoms with Crippen molar-refractivity contribution in [1.29, 1.82) is 0 Å². The van der Waals surface area contributed by atoms with E-state index in [9.17, 15) is 9.59 Å². The fourth-order valence-corrected chi connectivity index (χ4v) is 2.01. The highest BCUT2D eigenvalue weighted by atomic mass is 16.5. The molecule has 2 rings (SSSR count). The lowest BCUT2D eigenvalue weighted by atomic mass is 10.1. The number of amides is 2. The number of ether oxygens (including phenoxy) is 1. The molecular weight excluding hydrogens is 196 g/mol. The molecule has 0 spiro atoms. The van der Waals surface area contributed by atoms with Crippen molar-refractivity contribution < 1.29 is 14.3 Å².